The molecule has 1 saturated heterocycles. The Balaban J connectivity index is 1.72. The number of aliphatic hydroxyl groups is 1. The molecular formula is C18H31ClO5. The fourth-order valence-corrected chi connectivity index (χ4v) is 4.43. The van der Waals surface area contributed by atoms with Crippen LogP contribution in [0.25, 0.3) is 0 Å². The summed E-state index contributed by atoms with van der Waals surface area (Å²) in [5.41, 5.74) is 0. The minimum Gasteiger partial charge on any atom is -0.481 e. The summed E-state index contributed by atoms with van der Waals surface area (Å²) in [4.78, 5) is 10.5. The second-order valence-corrected chi connectivity index (χ2v) is 7.64. The molecule has 2 N–H and O–H groups in total. The van der Waals surface area contributed by atoms with E-state index in [4.69, 9.17) is 26.2 Å². The van der Waals surface area contributed by atoms with Crippen LogP contribution in [0.4, 0.5) is 0 Å². The normalized spacial score (nSPS) is 33.7. The molecule has 0 aromatic heterocycles. The van der Waals surface area contributed by atoms with Gasteiger partial charge in [0, 0.05) is 30.9 Å². The van der Waals surface area contributed by atoms with E-state index in [1.165, 1.54) is 0 Å². The van der Waals surface area contributed by atoms with Gasteiger partial charge in [0.2, 0.25) is 0 Å². The van der Waals surface area contributed by atoms with Crippen molar-refractivity contribution in [2.24, 2.45) is 11.8 Å². The van der Waals surface area contributed by atoms with Crippen LogP contribution in [0, 0.1) is 11.8 Å². The highest BCUT2D eigenvalue weighted by Gasteiger charge is 2.43. The van der Waals surface area contributed by atoms with Crippen molar-refractivity contribution < 1.29 is 24.5 Å². The molecule has 0 amide bonds. The van der Waals surface area contributed by atoms with Crippen molar-refractivity contribution in [1.29, 1.82) is 0 Å². The number of hydrogen-bond donors (Lipinski definition) is 2. The van der Waals surface area contributed by atoms with Crippen LogP contribution in [0.3, 0.4) is 0 Å². The molecular weight excluding hydrogens is 332 g/mol. The number of halogens is 1. The predicted octanol–water partition coefficient (Wildman–Crippen LogP) is 3.56. The van der Waals surface area contributed by atoms with Gasteiger partial charge < -0.3 is 19.7 Å². The highest BCUT2D eigenvalue weighted by molar-refractivity contribution is 6.21. The van der Waals surface area contributed by atoms with Gasteiger partial charge in [-0.3, -0.25) is 4.79 Å². The summed E-state index contributed by atoms with van der Waals surface area (Å²) in [6.45, 7) is 0.857. The van der Waals surface area contributed by atoms with E-state index in [1.807, 2.05) is 0 Å². The number of aliphatic hydroxyl groups excluding tert-OH is 1. The van der Waals surface area contributed by atoms with Crippen LogP contribution in [0.5, 0.6) is 0 Å². The van der Waals surface area contributed by atoms with Crippen LogP contribution < -0.4 is 0 Å². The first-order valence-electron chi connectivity index (χ1n) is 9.35. The lowest BCUT2D eigenvalue weighted by Crippen LogP contribution is -2.33. The van der Waals surface area contributed by atoms with Crippen molar-refractivity contribution in [2.45, 2.75) is 82.0 Å². The lowest BCUT2D eigenvalue weighted by Gasteiger charge is -2.29. The summed E-state index contributed by atoms with van der Waals surface area (Å²) < 4.78 is 11.7. The standard InChI is InChI=1S/C18H31ClO5/c19-15-11-16(24-18-9-5-6-10-23-18)14(12-20)13(15)7-3-1-2-4-8-17(21)22/h13-16,18,20H,1-12H2,(H,21,22)/t13-,14-,15-,16-,18?/m1/s1. The Hall–Kier alpha value is -0.360. The highest BCUT2D eigenvalue weighted by Crippen LogP contribution is 2.41. The maximum Gasteiger partial charge on any atom is 0.303 e. The van der Waals surface area contributed by atoms with E-state index in [1.54, 1.807) is 0 Å². The summed E-state index contributed by atoms with van der Waals surface area (Å²) in [7, 11) is 0. The molecule has 0 spiro atoms. The van der Waals surface area contributed by atoms with Gasteiger partial charge in [-0.15, -0.1) is 11.6 Å². The summed E-state index contributed by atoms with van der Waals surface area (Å²) in [6, 6.07) is 0. The zero-order valence-corrected chi connectivity index (χ0v) is 15.1. The quantitative estimate of drug-likeness (QED) is 0.459. The Kier molecular flexibility index (Phi) is 8.81. The van der Waals surface area contributed by atoms with Crippen molar-refractivity contribution >= 4 is 17.6 Å². The molecule has 2 rings (SSSR count). The molecule has 0 aromatic rings. The van der Waals surface area contributed by atoms with Gasteiger partial charge in [-0.25, -0.2) is 0 Å². The van der Waals surface area contributed by atoms with E-state index in [-0.39, 0.29) is 42.6 Å². The smallest absolute Gasteiger partial charge is 0.303 e. The van der Waals surface area contributed by atoms with Gasteiger partial charge in [-0.05, 0) is 44.4 Å². The number of rotatable bonds is 10. The number of alkyl halides is 1. The van der Waals surface area contributed by atoms with E-state index < -0.39 is 5.97 Å². The molecule has 2 aliphatic rings. The van der Waals surface area contributed by atoms with Gasteiger partial charge >= 0.3 is 5.97 Å². The van der Waals surface area contributed by atoms with Gasteiger partial charge in [0.05, 0.1) is 6.10 Å². The third kappa shape index (κ3) is 6.17. The molecule has 140 valence electrons. The SMILES string of the molecule is O=C(O)CCCCCC[C@@H]1[C@@H](CO)[C@H](OC2CCCCO2)C[C@H]1Cl. The molecule has 1 aliphatic carbocycles. The number of ether oxygens (including phenoxy) is 2. The number of carbonyl (C=O) groups is 1. The van der Waals surface area contributed by atoms with Crippen molar-refractivity contribution in [3.63, 3.8) is 0 Å². The molecule has 5 atom stereocenters. The van der Waals surface area contributed by atoms with E-state index in [9.17, 15) is 9.90 Å². The van der Waals surface area contributed by atoms with E-state index in [0.717, 1.165) is 64.4 Å². The number of hydrogen-bond acceptors (Lipinski definition) is 4. The first kappa shape index (κ1) is 20.0. The minimum atomic E-state index is -0.725. The number of unbranched alkanes of at least 4 members (excludes halogenated alkanes) is 3. The fraction of sp³-hybridized carbons (Fsp3) is 0.944. The van der Waals surface area contributed by atoms with Gasteiger partial charge in [-0.1, -0.05) is 19.3 Å². The van der Waals surface area contributed by atoms with Gasteiger partial charge in [-0.2, -0.15) is 0 Å². The Bertz CT molecular complexity index is 372. The van der Waals surface area contributed by atoms with Crippen LogP contribution in [-0.4, -0.2) is 47.2 Å². The molecule has 5 nitrogen and oxygen atoms in total. The fourth-order valence-electron chi connectivity index (χ4n) is 3.94. The minimum absolute atomic E-state index is 0.0161. The van der Waals surface area contributed by atoms with Crippen molar-refractivity contribution in [3.05, 3.63) is 0 Å². The van der Waals surface area contributed by atoms with Gasteiger partial charge in [0.1, 0.15) is 0 Å². The van der Waals surface area contributed by atoms with Crippen molar-refractivity contribution in [1.82, 2.24) is 0 Å². The molecule has 6 heteroatoms. The van der Waals surface area contributed by atoms with Crippen molar-refractivity contribution in [2.75, 3.05) is 13.2 Å². The summed E-state index contributed by atoms with van der Waals surface area (Å²) >= 11 is 6.54. The monoisotopic (exact) mass is 362 g/mol. The molecule has 0 bridgehead atoms. The third-order valence-electron chi connectivity index (χ3n) is 5.30. The van der Waals surface area contributed by atoms with Crippen molar-refractivity contribution in [3.8, 4) is 0 Å². The third-order valence-corrected chi connectivity index (χ3v) is 5.80. The van der Waals surface area contributed by atoms with Crippen LogP contribution in [0.2, 0.25) is 0 Å². The molecule has 1 aliphatic heterocycles. The first-order valence-corrected chi connectivity index (χ1v) is 9.79. The molecule has 2 fully saturated rings. The van der Waals surface area contributed by atoms with E-state index in [2.05, 4.69) is 0 Å². The Morgan fingerprint density at radius 3 is 2.62 bits per heavy atom. The maximum atomic E-state index is 10.5. The summed E-state index contributed by atoms with van der Waals surface area (Å²) in [6.07, 6.45) is 8.70. The molecule has 0 aromatic carbocycles. The van der Waals surface area contributed by atoms with Crippen LogP contribution in [0.15, 0.2) is 0 Å². The molecule has 1 heterocycles. The lowest BCUT2D eigenvalue weighted by molar-refractivity contribution is -0.197. The largest absolute Gasteiger partial charge is 0.481 e. The van der Waals surface area contributed by atoms with Gasteiger partial charge in [0.25, 0.3) is 0 Å². The topological polar surface area (TPSA) is 76.0 Å². The molecule has 1 saturated carbocycles. The van der Waals surface area contributed by atoms with Gasteiger partial charge in [0.15, 0.2) is 6.29 Å². The molecule has 24 heavy (non-hydrogen) atoms. The first-order chi connectivity index (χ1) is 11.6. The summed E-state index contributed by atoms with van der Waals surface area (Å²) in [5.74, 6) is -0.376. The number of carboxylic acid groups (broad SMARTS) is 1. The maximum absolute atomic E-state index is 10.5. The highest BCUT2D eigenvalue weighted by atomic mass is 35.5. The predicted molar refractivity (Wildman–Crippen MR) is 92.1 cm³/mol. The Morgan fingerprint density at radius 1 is 1.17 bits per heavy atom. The molecule has 1 unspecified atom stereocenters. The Labute approximate surface area is 149 Å². The second kappa shape index (κ2) is 10.6. The average molecular weight is 363 g/mol. The lowest BCUT2D eigenvalue weighted by atomic mass is 9.90. The molecule has 0 radical (unpaired) electrons. The van der Waals surface area contributed by atoms with Crippen LogP contribution in [0.1, 0.15) is 64.2 Å². The second-order valence-electron chi connectivity index (χ2n) is 7.08. The van der Waals surface area contributed by atoms with Crippen LogP contribution in [-0.2, 0) is 14.3 Å². The van der Waals surface area contributed by atoms with E-state index >= 15 is 0 Å². The summed E-state index contributed by atoms with van der Waals surface area (Å²) in [5, 5.41) is 18.5. The zero-order chi connectivity index (χ0) is 17.4. The van der Waals surface area contributed by atoms with E-state index in [0.29, 0.717) is 0 Å². The average Bonchev–Trinajstić information content (AvgIpc) is 2.86. The number of carboxylic acids is 1. The zero-order valence-electron chi connectivity index (χ0n) is 14.4. The number of aliphatic carboxylic acids is 1. The van der Waals surface area contributed by atoms with Crippen LogP contribution >= 0.6 is 11.6 Å². The Morgan fingerprint density at radius 2 is 1.96 bits per heavy atom.